The molecule has 1 N–H and O–H groups in total. The van der Waals surface area contributed by atoms with E-state index in [1.54, 1.807) is 24.3 Å². The highest BCUT2D eigenvalue weighted by atomic mass is 35.5. The van der Waals surface area contributed by atoms with Gasteiger partial charge in [0.05, 0.1) is 0 Å². The third-order valence-electron chi connectivity index (χ3n) is 2.83. The van der Waals surface area contributed by atoms with Crippen molar-refractivity contribution < 1.29 is 9.53 Å². The van der Waals surface area contributed by atoms with E-state index >= 15 is 0 Å². The van der Waals surface area contributed by atoms with E-state index in [4.69, 9.17) is 27.9 Å². The monoisotopic (exact) mass is 323 g/mol. The van der Waals surface area contributed by atoms with E-state index < -0.39 is 0 Å². The molecule has 0 aliphatic carbocycles. The minimum atomic E-state index is -0.154. The molecule has 0 aliphatic rings. The number of nitrogens with one attached hydrogen (secondary N) is 1. The Kier molecular flexibility index (Phi) is 5.90. The molecule has 0 aliphatic heterocycles. The smallest absolute Gasteiger partial charge is 0.257 e. The maximum absolute atomic E-state index is 11.6. The number of ether oxygens (including phenoxy) is 1. The fourth-order valence-corrected chi connectivity index (χ4v) is 1.98. The van der Waals surface area contributed by atoms with Gasteiger partial charge < -0.3 is 10.1 Å². The van der Waals surface area contributed by atoms with Crippen molar-refractivity contribution in [2.75, 3.05) is 13.2 Å². The zero-order valence-electron chi connectivity index (χ0n) is 11.3. The van der Waals surface area contributed by atoms with Crippen molar-refractivity contribution in [3.05, 3.63) is 64.1 Å². The largest absolute Gasteiger partial charge is 0.484 e. The van der Waals surface area contributed by atoms with Crippen LogP contribution in [0.15, 0.2) is 48.5 Å². The summed E-state index contributed by atoms with van der Waals surface area (Å²) in [6.07, 6.45) is 0.754. The minimum absolute atomic E-state index is 0.0117. The molecule has 2 aromatic carbocycles. The third-order valence-corrected chi connectivity index (χ3v) is 3.34. The molecular formula is C16H15Cl2NO2. The predicted molar refractivity (Wildman–Crippen MR) is 85.1 cm³/mol. The summed E-state index contributed by atoms with van der Waals surface area (Å²) in [4.78, 5) is 11.6. The van der Waals surface area contributed by atoms with Crippen LogP contribution in [-0.4, -0.2) is 19.1 Å². The van der Waals surface area contributed by atoms with Crippen LogP contribution in [-0.2, 0) is 11.2 Å². The lowest BCUT2D eigenvalue weighted by Crippen LogP contribution is -2.30. The van der Waals surface area contributed by atoms with Crippen LogP contribution in [0.25, 0.3) is 0 Å². The molecule has 0 radical (unpaired) electrons. The molecule has 0 aromatic heterocycles. The SMILES string of the molecule is O=C(COc1ccc(Cl)cc1)NCCc1ccc(Cl)cc1. The van der Waals surface area contributed by atoms with Gasteiger partial charge in [-0.2, -0.15) is 0 Å². The summed E-state index contributed by atoms with van der Waals surface area (Å²) in [7, 11) is 0. The minimum Gasteiger partial charge on any atom is -0.484 e. The molecule has 1 amide bonds. The molecule has 110 valence electrons. The Hall–Kier alpha value is -1.71. The molecule has 0 fully saturated rings. The van der Waals surface area contributed by atoms with Crippen LogP contribution < -0.4 is 10.1 Å². The highest BCUT2D eigenvalue weighted by molar-refractivity contribution is 6.30. The lowest BCUT2D eigenvalue weighted by molar-refractivity contribution is -0.123. The van der Waals surface area contributed by atoms with Crippen LogP contribution in [0.4, 0.5) is 0 Å². The Balaban J connectivity index is 1.67. The first kappa shape index (κ1) is 15.7. The Morgan fingerprint density at radius 3 is 2.14 bits per heavy atom. The zero-order chi connectivity index (χ0) is 15.1. The molecule has 0 saturated heterocycles. The molecule has 0 heterocycles. The Labute approximate surface area is 133 Å². The molecule has 3 nitrogen and oxygen atoms in total. The van der Waals surface area contributed by atoms with Gasteiger partial charge in [-0.25, -0.2) is 0 Å². The maximum atomic E-state index is 11.6. The summed E-state index contributed by atoms with van der Waals surface area (Å²) in [6.45, 7) is 0.548. The Morgan fingerprint density at radius 2 is 1.52 bits per heavy atom. The zero-order valence-corrected chi connectivity index (χ0v) is 12.8. The van der Waals surface area contributed by atoms with E-state index in [1.165, 1.54) is 0 Å². The normalized spacial score (nSPS) is 10.2. The number of halogens is 2. The van der Waals surface area contributed by atoms with E-state index in [0.717, 1.165) is 12.0 Å². The van der Waals surface area contributed by atoms with Crippen LogP contribution in [0.2, 0.25) is 10.0 Å². The molecular weight excluding hydrogens is 309 g/mol. The number of hydrogen-bond donors (Lipinski definition) is 1. The van der Waals surface area contributed by atoms with E-state index in [2.05, 4.69) is 5.32 Å². The van der Waals surface area contributed by atoms with Crippen LogP contribution in [0, 0.1) is 0 Å². The second kappa shape index (κ2) is 7.91. The first-order valence-electron chi connectivity index (χ1n) is 6.53. The summed E-state index contributed by atoms with van der Waals surface area (Å²) in [6, 6.07) is 14.4. The molecule has 21 heavy (non-hydrogen) atoms. The van der Waals surface area contributed by atoms with Gasteiger partial charge in [0.1, 0.15) is 5.75 Å². The van der Waals surface area contributed by atoms with Gasteiger partial charge >= 0.3 is 0 Å². The van der Waals surface area contributed by atoms with Crippen molar-refractivity contribution >= 4 is 29.1 Å². The number of benzene rings is 2. The van der Waals surface area contributed by atoms with E-state index in [9.17, 15) is 4.79 Å². The number of carbonyl (C=O) groups is 1. The summed E-state index contributed by atoms with van der Waals surface area (Å²) in [5, 5.41) is 4.15. The fourth-order valence-electron chi connectivity index (χ4n) is 1.73. The van der Waals surface area contributed by atoms with Crippen molar-refractivity contribution in [3.8, 4) is 5.75 Å². The molecule has 0 atom stereocenters. The molecule has 2 aromatic rings. The molecule has 5 heteroatoms. The number of carbonyl (C=O) groups excluding carboxylic acids is 1. The van der Waals surface area contributed by atoms with Gasteiger partial charge in [0.15, 0.2) is 6.61 Å². The van der Waals surface area contributed by atoms with Gasteiger partial charge in [0.25, 0.3) is 5.91 Å². The van der Waals surface area contributed by atoms with Crippen LogP contribution in [0.3, 0.4) is 0 Å². The van der Waals surface area contributed by atoms with Gasteiger partial charge in [-0.1, -0.05) is 35.3 Å². The summed E-state index contributed by atoms with van der Waals surface area (Å²) in [5.41, 5.74) is 1.12. The second-order valence-electron chi connectivity index (χ2n) is 4.47. The molecule has 0 saturated carbocycles. The standard InChI is InChI=1S/C16H15Cl2NO2/c17-13-3-1-12(2-4-13)9-10-19-16(20)11-21-15-7-5-14(18)6-8-15/h1-8H,9-11H2,(H,19,20). The Bertz CT molecular complexity index is 582. The van der Waals surface area contributed by atoms with E-state index in [-0.39, 0.29) is 12.5 Å². The highest BCUT2D eigenvalue weighted by Crippen LogP contribution is 2.15. The van der Waals surface area contributed by atoms with Crippen LogP contribution >= 0.6 is 23.2 Å². The van der Waals surface area contributed by atoms with Gasteiger partial charge in [0.2, 0.25) is 0 Å². The van der Waals surface area contributed by atoms with Gasteiger partial charge in [-0.3, -0.25) is 4.79 Å². The predicted octanol–water partition coefficient (Wildman–Crippen LogP) is 3.73. The average Bonchev–Trinajstić information content (AvgIpc) is 2.49. The van der Waals surface area contributed by atoms with Gasteiger partial charge in [-0.15, -0.1) is 0 Å². The van der Waals surface area contributed by atoms with Crippen LogP contribution in [0.5, 0.6) is 5.75 Å². The maximum Gasteiger partial charge on any atom is 0.257 e. The average molecular weight is 324 g/mol. The molecule has 0 spiro atoms. The number of amides is 1. The van der Waals surface area contributed by atoms with E-state index in [0.29, 0.717) is 22.3 Å². The van der Waals surface area contributed by atoms with Gasteiger partial charge in [-0.05, 0) is 48.4 Å². The van der Waals surface area contributed by atoms with Crippen molar-refractivity contribution in [3.63, 3.8) is 0 Å². The first-order valence-corrected chi connectivity index (χ1v) is 7.28. The lowest BCUT2D eigenvalue weighted by Gasteiger charge is -2.07. The first-order chi connectivity index (χ1) is 10.1. The quantitative estimate of drug-likeness (QED) is 0.879. The van der Waals surface area contributed by atoms with Crippen molar-refractivity contribution in [1.82, 2.24) is 5.32 Å². The van der Waals surface area contributed by atoms with Gasteiger partial charge in [0, 0.05) is 16.6 Å². The highest BCUT2D eigenvalue weighted by Gasteiger charge is 2.02. The second-order valence-corrected chi connectivity index (χ2v) is 5.34. The Morgan fingerprint density at radius 1 is 0.952 bits per heavy atom. The molecule has 2 rings (SSSR count). The number of rotatable bonds is 6. The van der Waals surface area contributed by atoms with Crippen molar-refractivity contribution in [2.24, 2.45) is 0 Å². The summed E-state index contributed by atoms with van der Waals surface area (Å²) < 4.78 is 5.35. The van der Waals surface area contributed by atoms with Crippen molar-refractivity contribution in [2.45, 2.75) is 6.42 Å². The van der Waals surface area contributed by atoms with E-state index in [1.807, 2.05) is 24.3 Å². The van der Waals surface area contributed by atoms with Crippen LogP contribution in [0.1, 0.15) is 5.56 Å². The topological polar surface area (TPSA) is 38.3 Å². The third kappa shape index (κ3) is 5.66. The summed E-state index contributed by atoms with van der Waals surface area (Å²) in [5.74, 6) is 0.464. The number of hydrogen-bond acceptors (Lipinski definition) is 2. The summed E-state index contributed by atoms with van der Waals surface area (Å²) >= 11 is 11.6. The van der Waals surface area contributed by atoms with Crippen molar-refractivity contribution in [1.29, 1.82) is 0 Å². The molecule has 0 unspecified atom stereocenters. The fraction of sp³-hybridized carbons (Fsp3) is 0.188. The lowest BCUT2D eigenvalue weighted by atomic mass is 10.1. The molecule has 0 bridgehead atoms.